The molecule has 3 rings (SSSR count). The number of anilines is 1. The molecule has 1 aromatic heterocycles. The summed E-state index contributed by atoms with van der Waals surface area (Å²) in [6.07, 6.45) is 1.64. The Kier molecular flexibility index (Phi) is 3.54. The second kappa shape index (κ2) is 5.38. The van der Waals surface area contributed by atoms with E-state index in [1.165, 1.54) is 12.1 Å². The van der Waals surface area contributed by atoms with Crippen molar-refractivity contribution < 1.29 is 12.8 Å². The van der Waals surface area contributed by atoms with Crippen molar-refractivity contribution in [2.75, 3.05) is 4.72 Å². The molecule has 112 valence electrons. The predicted octanol–water partition coefficient (Wildman–Crippen LogP) is 3.48. The van der Waals surface area contributed by atoms with Gasteiger partial charge in [0.2, 0.25) is 0 Å². The molecule has 0 fully saturated rings. The van der Waals surface area contributed by atoms with Crippen molar-refractivity contribution in [2.24, 2.45) is 0 Å². The zero-order chi connectivity index (χ0) is 15.7. The average molecular weight is 316 g/mol. The van der Waals surface area contributed by atoms with Crippen molar-refractivity contribution in [1.82, 2.24) is 4.98 Å². The van der Waals surface area contributed by atoms with Crippen LogP contribution in [0.2, 0.25) is 0 Å². The molecule has 0 unspecified atom stereocenters. The summed E-state index contributed by atoms with van der Waals surface area (Å²) in [7, 11) is -3.88. The van der Waals surface area contributed by atoms with E-state index in [1.807, 2.05) is 0 Å². The molecule has 2 aromatic carbocycles. The minimum absolute atomic E-state index is 0.0756. The summed E-state index contributed by atoms with van der Waals surface area (Å²) in [5, 5.41) is 0.683. The van der Waals surface area contributed by atoms with Crippen molar-refractivity contribution in [2.45, 2.75) is 11.8 Å². The Labute approximate surface area is 127 Å². The van der Waals surface area contributed by atoms with E-state index in [0.29, 0.717) is 22.2 Å². The molecule has 0 bridgehead atoms. The Balaban J connectivity index is 2.09. The maximum absolute atomic E-state index is 13.4. The van der Waals surface area contributed by atoms with Crippen LogP contribution in [0.25, 0.3) is 10.9 Å². The lowest BCUT2D eigenvalue weighted by Crippen LogP contribution is -2.14. The lowest BCUT2D eigenvalue weighted by Gasteiger charge is -2.12. The molecular formula is C16H13FN2O2S. The normalized spacial score (nSPS) is 11.5. The first-order valence-corrected chi connectivity index (χ1v) is 8.08. The van der Waals surface area contributed by atoms with Crippen molar-refractivity contribution in [3.63, 3.8) is 0 Å². The lowest BCUT2D eigenvalue weighted by molar-refractivity contribution is 0.594. The van der Waals surface area contributed by atoms with Crippen molar-refractivity contribution in [1.29, 1.82) is 0 Å². The van der Waals surface area contributed by atoms with Gasteiger partial charge in [-0.25, -0.2) is 12.8 Å². The molecule has 0 aliphatic heterocycles. The Bertz CT molecular complexity index is 950. The van der Waals surface area contributed by atoms with Crippen LogP contribution in [0, 0.1) is 12.7 Å². The highest BCUT2D eigenvalue weighted by Crippen LogP contribution is 2.25. The van der Waals surface area contributed by atoms with E-state index in [1.54, 1.807) is 43.5 Å². The number of halogens is 1. The maximum atomic E-state index is 13.4. The second-order valence-corrected chi connectivity index (χ2v) is 6.54. The summed E-state index contributed by atoms with van der Waals surface area (Å²) in [6.45, 7) is 1.62. The Morgan fingerprint density at radius 3 is 2.73 bits per heavy atom. The van der Waals surface area contributed by atoms with Crippen LogP contribution in [0.4, 0.5) is 10.1 Å². The molecule has 1 heterocycles. The Morgan fingerprint density at radius 1 is 1.09 bits per heavy atom. The SMILES string of the molecule is Cc1ccc(F)cc1S(=O)(=O)Nc1cccc2ncccc12. The van der Waals surface area contributed by atoms with Crippen LogP contribution < -0.4 is 4.72 Å². The van der Waals surface area contributed by atoms with Gasteiger partial charge in [0.25, 0.3) is 10.0 Å². The van der Waals surface area contributed by atoms with Crippen LogP contribution in [0.3, 0.4) is 0 Å². The molecule has 0 spiro atoms. The molecular weight excluding hydrogens is 303 g/mol. The fraction of sp³-hybridized carbons (Fsp3) is 0.0625. The third-order valence-corrected chi connectivity index (χ3v) is 4.84. The largest absolute Gasteiger partial charge is 0.279 e. The number of hydrogen-bond acceptors (Lipinski definition) is 3. The van der Waals surface area contributed by atoms with Crippen LogP contribution >= 0.6 is 0 Å². The number of hydrogen-bond donors (Lipinski definition) is 1. The number of aryl methyl sites for hydroxylation is 1. The average Bonchev–Trinajstić information content (AvgIpc) is 2.50. The Hall–Kier alpha value is -2.47. The van der Waals surface area contributed by atoms with Crippen molar-refractivity contribution >= 4 is 26.6 Å². The lowest BCUT2D eigenvalue weighted by atomic mass is 10.2. The van der Waals surface area contributed by atoms with Gasteiger partial charge in [0.05, 0.1) is 16.1 Å². The first-order valence-electron chi connectivity index (χ1n) is 6.60. The van der Waals surface area contributed by atoms with Gasteiger partial charge in [0.15, 0.2) is 0 Å². The molecule has 1 N–H and O–H groups in total. The van der Waals surface area contributed by atoms with Gasteiger partial charge in [0, 0.05) is 11.6 Å². The minimum Gasteiger partial charge on any atom is -0.279 e. The molecule has 0 amide bonds. The maximum Gasteiger partial charge on any atom is 0.262 e. The van der Waals surface area contributed by atoms with Crippen molar-refractivity contribution in [3.8, 4) is 0 Å². The van der Waals surface area contributed by atoms with Gasteiger partial charge < -0.3 is 0 Å². The molecule has 3 aromatic rings. The highest BCUT2D eigenvalue weighted by atomic mass is 32.2. The van der Waals surface area contributed by atoms with Gasteiger partial charge in [-0.05, 0) is 48.9 Å². The van der Waals surface area contributed by atoms with Crippen molar-refractivity contribution in [3.05, 3.63) is 66.1 Å². The molecule has 4 nitrogen and oxygen atoms in total. The van der Waals surface area contributed by atoms with Crippen LogP contribution in [0.15, 0.2) is 59.6 Å². The molecule has 0 atom stereocenters. The summed E-state index contributed by atoms with van der Waals surface area (Å²) in [4.78, 5) is 4.11. The third kappa shape index (κ3) is 2.65. The standard InChI is InChI=1S/C16H13FN2O2S/c1-11-7-8-12(17)10-16(11)22(20,21)19-15-6-2-5-14-13(15)4-3-9-18-14/h2-10,19H,1H3. The summed E-state index contributed by atoms with van der Waals surface area (Å²) in [5.74, 6) is -0.592. The van der Waals surface area contributed by atoms with Crippen LogP contribution in [-0.2, 0) is 10.0 Å². The summed E-state index contributed by atoms with van der Waals surface area (Å²) >= 11 is 0. The Morgan fingerprint density at radius 2 is 1.91 bits per heavy atom. The van der Waals surface area contributed by atoms with Crippen LogP contribution in [0.5, 0.6) is 0 Å². The first-order chi connectivity index (χ1) is 10.5. The summed E-state index contributed by atoms with van der Waals surface area (Å²) < 4.78 is 40.9. The minimum atomic E-state index is -3.88. The fourth-order valence-electron chi connectivity index (χ4n) is 2.26. The zero-order valence-electron chi connectivity index (χ0n) is 11.7. The van der Waals surface area contributed by atoms with Gasteiger partial charge in [-0.15, -0.1) is 0 Å². The number of aromatic nitrogens is 1. The van der Waals surface area contributed by atoms with E-state index in [2.05, 4.69) is 9.71 Å². The van der Waals surface area contributed by atoms with Gasteiger partial charge in [0.1, 0.15) is 5.82 Å². The first kappa shape index (κ1) is 14.5. The van der Waals surface area contributed by atoms with E-state index in [0.717, 1.165) is 6.07 Å². The molecule has 22 heavy (non-hydrogen) atoms. The van der Waals surface area contributed by atoms with Gasteiger partial charge in [-0.1, -0.05) is 12.1 Å². The number of sulfonamides is 1. The number of rotatable bonds is 3. The molecule has 0 aliphatic carbocycles. The monoisotopic (exact) mass is 316 g/mol. The number of fused-ring (bicyclic) bond motifs is 1. The molecule has 0 aliphatic rings. The fourth-order valence-corrected chi connectivity index (χ4v) is 3.59. The predicted molar refractivity (Wildman–Crippen MR) is 83.7 cm³/mol. The smallest absolute Gasteiger partial charge is 0.262 e. The quantitative estimate of drug-likeness (QED) is 0.805. The molecule has 0 radical (unpaired) electrons. The van der Waals surface area contributed by atoms with Crippen LogP contribution in [0.1, 0.15) is 5.56 Å². The van der Waals surface area contributed by atoms with E-state index >= 15 is 0 Å². The second-order valence-electron chi connectivity index (χ2n) is 4.89. The zero-order valence-corrected chi connectivity index (χ0v) is 12.6. The highest BCUT2D eigenvalue weighted by molar-refractivity contribution is 7.92. The van der Waals surface area contributed by atoms with Crippen LogP contribution in [-0.4, -0.2) is 13.4 Å². The topological polar surface area (TPSA) is 59.1 Å². The number of benzene rings is 2. The van der Waals surface area contributed by atoms with Gasteiger partial charge >= 0.3 is 0 Å². The van der Waals surface area contributed by atoms with E-state index in [9.17, 15) is 12.8 Å². The van der Waals surface area contributed by atoms with Gasteiger partial charge in [-0.3, -0.25) is 9.71 Å². The molecule has 6 heteroatoms. The van der Waals surface area contributed by atoms with E-state index < -0.39 is 15.8 Å². The summed E-state index contributed by atoms with van der Waals surface area (Å²) in [5.41, 5.74) is 1.57. The molecule has 0 saturated heterocycles. The van der Waals surface area contributed by atoms with Gasteiger partial charge in [-0.2, -0.15) is 0 Å². The third-order valence-electron chi connectivity index (χ3n) is 3.33. The number of pyridine rings is 1. The van der Waals surface area contributed by atoms with E-state index in [-0.39, 0.29) is 4.90 Å². The summed E-state index contributed by atoms with van der Waals surface area (Å²) in [6, 6.07) is 12.3. The molecule has 0 saturated carbocycles. The highest BCUT2D eigenvalue weighted by Gasteiger charge is 2.18. The number of nitrogens with zero attached hydrogens (tertiary/aromatic N) is 1. The van der Waals surface area contributed by atoms with E-state index in [4.69, 9.17) is 0 Å². The number of nitrogens with one attached hydrogen (secondary N) is 1.